The lowest BCUT2D eigenvalue weighted by Gasteiger charge is -2.20. The molecular formula is C14H20N4. The largest absolute Gasteiger partial charge is 0.352 e. The van der Waals surface area contributed by atoms with Gasteiger partial charge in [-0.15, -0.1) is 0 Å². The van der Waals surface area contributed by atoms with E-state index in [1.165, 1.54) is 25.9 Å². The molecular weight excluding hydrogens is 224 g/mol. The van der Waals surface area contributed by atoms with Crippen molar-refractivity contribution in [3.05, 3.63) is 24.3 Å². The highest BCUT2D eigenvalue weighted by Crippen LogP contribution is 2.15. The summed E-state index contributed by atoms with van der Waals surface area (Å²) in [4.78, 5) is 10.4. The van der Waals surface area contributed by atoms with Gasteiger partial charge in [-0.2, -0.15) is 0 Å². The first-order chi connectivity index (χ1) is 8.81. The van der Waals surface area contributed by atoms with E-state index in [9.17, 15) is 0 Å². The van der Waals surface area contributed by atoms with Gasteiger partial charge in [-0.3, -0.25) is 0 Å². The molecule has 0 aliphatic carbocycles. The van der Waals surface area contributed by atoms with Crippen molar-refractivity contribution in [2.24, 2.45) is 0 Å². The maximum absolute atomic E-state index is 4.54. The molecule has 2 heterocycles. The smallest absolute Gasteiger partial charge is 0.201 e. The van der Waals surface area contributed by atoms with Crippen LogP contribution in [0.4, 0.5) is 5.95 Å². The molecule has 2 aromatic rings. The maximum Gasteiger partial charge on any atom is 0.201 e. The Bertz CT molecular complexity index is 480. The average molecular weight is 244 g/mol. The number of benzene rings is 1. The second kappa shape index (κ2) is 4.98. The summed E-state index contributed by atoms with van der Waals surface area (Å²) >= 11 is 0. The quantitative estimate of drug-likeness (QED) is 0.868. The zero-order valence-electron chi connectivity index (χ0n) is 10.8. The van der Waals surface area contributed by atoms with E-state index in [4.69, 9.17) is 0 Å². The first kappa shape index (κ1) is 11.5. The first-order valence-corrected chi connectivity index (χ1v) is 6.75. The molecule has 1 aliphatic rings. The molecule has 1 fully saturated rings. The molecule has 96 valence electrons. The zero-order chi connectivity index (χ0) is 12.4. The van der Waals surface area contributed by atoms with Crippen LogP contribution in [-0.2, 0) is 0 Å². The predicted molar refractivity (Wildman–Crippen MR) is 74.9 cm³/mol. The number of aromatic nitrogens is 2. The summed E-state index contributed by atoms with van der Waals surface area (Å²) in [6, 6.07) is 8.54. The van der Waals surface area contributed by atoms with Crippen molar-refractivity contribution in [3.8, 4) is 0 Å². The number of H-pyrrole nitrogens is 1. The van der Waals surface area contributed by atoms with Crippen molar-refractivity contribution in [2.45, 2.75) is 25.8 Å². The van der Waals surface area contributed by atoms with Gasteiger partial charge in [0, 0.05) is 12.6 Å². The second-order valence-corrected chi connectivity index (χ2v) is 5.16. The SMILES string of the molecule is CC(CN1CCCC1)Nc1nc2ccccc2[nH]1. The third-order valence-corrected chi connectivity index (χ3v) is 3.50. The van der Waals surface area contributed by atoms with Gasteiger partial charge >= 0.3 is 0 Å². The van der Waals surface area contributed by atoms with Crippen LogP contribution in [0.3, 0.4) is 0 Å². The van der Waals surface area contributed by atoms with Crippen molar-refractivity contribution in [3.63, 3.8) is 0 Å². The molecule has 0 radical (unpaired) electrons. The minimum absolute atomic E-state index is 0.420. The topological polar surface area (TPSA) is 44.0 Å². The minimum Gasteiger partial charge on any atom is -0.352 e. The molecule has 1 unspecified atom stereocenters. The summed E-state index contributed by atoms with van der Waals surface area (Å²) in [6.45, 7) is 5.79. The van der Waals surface area contributed by atoms with Gasteiger partial charge in [0.15, 0.2) is 0 Å². The van der Waals surface area contributed by atoms with Crippen molar-refractivity contribution in [2.75, 3.05) is 25.0 Å². The number of imidazole rings is 1. The van der Waals surface area contributed by atoms with Gasteiger partial charge in [-0.25, -0.2) is 4.98 Å². The molecule has 4 heteroatoms. The van der Waals surface area contributed by atoms with Gasteiger partial charge in [-0.1, -0.05) is 12.1 Å². The lowest BCUT2D eigenvalue weighted by Crippen LogP contribution is -2.33. The Hall–Kier alpha value is -1.55. The number of aromatic amines is 1. The van der Waals surface area contributed by atoms with Crippen LogP contribution < -0.4 is 5.32 Å². The first-order valence-electron chi connectivity index (χ1n) is 6.75. The van der Waals surface area contributed by atoms with E-state index in [1.807, 2.05) is 18.2 Å². The molecule has 1 atom stereocenters. The van der Waals surface area contributed by atoms with E-state index in [-0.39, 0.29) is 0 Å². The zero-order valence-corrected chi connectivity index (χ0v) is 10.8. The molecule has 2 N–H and O–H groups in total. The molecule has 1 aliphatic heterocycles. The molecule has 3 rings (SSSR count). The Morgan fingerprint density at radius 3 is 2.89 bits per heavy atom. The van der Waals surface area contributed by atoms with Crippen LogP contribution in [0, 0.1) is 0 Å². The number of hydrogen-bond donors (Lipinski definition) is 2. The normalized spacial score (nSPS) is 18.3. The van der Waals surface area contributed by atoms with Gasteiger partial charge in [0.25, 0.3) is 0 Å². The van der Waals surface area contributed by atoms with Crippen molar-refractivity contribution < 1.29 is 0 Å². The number of likely N-dealkylation sites (tertiary alicyclic amines) is 1. The monoisotopic (exact) mass is 244 g/mol. The maximum atomic E-state index is 4.54. The van der Waals surface area contributed by atoms with Crippen molar-refractivity contribution in [1.29, 1.82) is 0 Å². The highest BCUT2D eigenvalue weighted by atomic mass is 15.2. The summed E-state index contributed by atoms with van der Waals surface area (Å²) in [5.41, 5.74) is 2.11. The van der Waals surface area contributed by atoms with Gasteiger partial charge in [0.05, 0.1) is 11.0 Å². The summed E-state index contributed by atoms with van der Waals surface area (Å²) in [6.07, 6.45) is 2.69. The summed E-state index contributed by atoms with van der Waals surface area (Å²) in [7, 11) is 0. The molecule has 18 heavy (non-hydrogen) atoms. The fourth-order valence-electron chi connectivity index (χ4n) is 2.65. The Kier molecular flexibility index (Phi) is 3.19. The third-order valence-electron chi connectivity index (χ3n) is 3.50. The summed E-state index contributed by atoms with van der Waals surface area (Å²) in [5.74, 6) is 0.878. The fourth-order valence-corrected chi connectivity index (χ4v) is 2.65. The third kappa shape index (κ3) is 2.48. The number of hydrogen-bond acceptors (Lipinski definition) is 3. The molecule has 0 bridgehead atoms. The second-order valence-electron chi connectivity index (χ2n) is 5.16. The molecule has 0 spiro atoms. The van der Waals surface area contributed by atoms with Crippen LogP contribution in [0.25, 0.3) is 11.0 Å². The Balaban J connectivity index is 1.64. The van der Waals surface area contributed by atoms with E-state index in [0.29, 0.717) is 6.04 Å². The number of nitrogens with zero attached hydrogens (tertiary/aromatic N) is 2. The standard InChI is InChI=1S/C14H20N4/c1-11(10-18-8-4-5-9-18)15-14-16-12-6-2-3-7-13(12)17-14/h2-3,6-7,11H,4-5,8-10H2,1H3,(H2,15,16,17). The van der Waals surface area contributed by atoms with Gasteiger partial charge in [0.2, 0.25) is 5.95 Å². The van der Waals surface area contributed by atoms with Gasteiger partial charge in [-0.05, 0) is 45.0 Å². The Morgan fingerprint density at radius 1 is 1.33 bits per heavy atom. The number of nitrogens with one attached hydrogen (secondary N) is 2. The van der Waals surface area contributed by atoms with Crippen LogP contribution in [-0.4, -0.2) is 40.5 Å². The number of fused-ring (bicyclic) bond motifs is 1. The molecule has 0 saturated carbocycles. The lowest BCUT2D eigenvalue weighted by atomic mass is 10.3. The lowest BCUT2D eigenvalue weighted by molar-refractivity contribution is 0.327. The van der Waals surface area contributed by atoms with Gasteiger partial charge < -0.3 is 15.2 Å². The van der Waals surface area contributed by atoms with E-state index in [2.05, 4.69) is 33.2 Å². The highest BCUT2D eigenvalue weighted by molar-refractivity contribution is 5.77. The number of rotatable bonds is 4. The van der Waals surface area contributed by atoms with Crippen molar-refractivity contribution in [1.82, 2.24) is 14.9 Å². The predicted octanol–water partition coefficient (Wildman–Crippen LogP) is 2.46. The summed E-state index contributed by atoms with van der Waals surface area (Å²) < 4.78 is 0. The number of anilines is 1. The van der Waals surface area contributed by atoms with Gasteiger partial charge in [0.1, 0.15) is 0 Å². The van der Waals surface area contributed by atoms with E-state index >= 15 is 0 Å². The minimum atomic E-state index is 0.420. The Labute approximate surface area is 107 Å². The fraction of sp³-hybridized carbons (Fsp3) is 0.500. The molecule has 1 aromatic carbocycles. The van der Waals surface area contributed by atoms with Crippen LogP contribution in [0.2, 0.25) is 0 Å². The molecule has 4 nitrogen and oxygen atoms in total. The van der Waals surface area contributed by atoms with E-state index < -0.39 is 0 Å². The Morgan fingerprint density at radius 2 is 2.11 bits per heavy atom. The summed E-state index contributed by atoms with van der Waals surface area (Å²) in [5, 5.41) is 3.45. The average Bonchev–Trinajstić information content (AvgIpc) is 2.96. The van der Waals surface area contributed by atoms with Crippen LogP contribution in [0.1, 0.15) is 19.8 Å². The van der Waals surface area contributed by atoms with Crippen LogP contribution in [0.5, 0.6) is 0 Å². The number of para-hydroxylation sites is 2. The van der Waals surface area contributed by atoms with Crippen LogP contribution in [0.15, 0.2) is 24.3 Å². The molecule has 1 aromatic heterocycles. The molecule has 0 amide bonds. The molecule has 1 saturated heterocycles. The van der Waals surface area contributed by atoms with E-state index in [0.717, 1.165) is 23.5 Å². The van der Waals surface area contributed by atoms with Crippen LogP contribution >= 0.6 is 0 Å². The van der Waals surface area contributed by atoms with Crippen molar-refractivity contribution >= 4 is 17.0 Å². The van der Waals surface area contributed by atoms with E-state index in [1.54, 1.807) is 0 Å². The highest BCUT2D eigenvalue weighted by Gasteiger charge is 2.15.